The molecule has 10 heteroatoms. The predicted molar refractivity (Wildman–Crippen MR) is 276 cm³/mol. The van der Waals surface area contributed by atoms with E-state index >= 15 is 0 Å². The molecule has 1 heterocycles. The summed E-state index contributed by atoms with van der Waals surface area (Å²) in [6, 6.07) is 54.6. The highest BCUT2D eigenvalue weighted by Gasteiger charge is 2.27. The largest absolute Gasteiger partial charge is 0.456 e. The molecule has 0 N–H and O–H groups in total. The Labute approximate surface area is 349 Å². The molecule has 0 saturated heterocycles. The van der Waals surface area contributed by atoms with E-state index in [0.717, 1.165) is 27.6 Å². The predicted octanol–water partition coefficient (Wildman–Crippen LogP) is -0.209. The fraction of sp³-hybridized carbons (Fsp3) is 0. The van der Waals surface area contributed by atoms with Gasteiger partial charge in [0.1, 0.15) is 73.9 Å². The quantitative estimate of drug-likeness (QED) is 0.211. The van der Waals surface area contributed by atoms with Gasteiger partial charge in [-0.05, 0) is 74.8 Å². The molecule has 0 aliphatic heterocycles. The third-order valence-corrected chi connectivity index (χ3v) is 12.8. The van der Waals surface area contributed by atoms with Crippen molar-refractivity contribution in [1.29, 1.82) is 0 Å². The van der Waals surface area contributed by atoms with E-state index < -0.39 is 0 Å². The topological polar surface area (TPSA) is 16.4 Å². The number of benzene rings is 8. The number of anilines is 3. The van der Waals surface area contributed by atoms with Gasteiger partial charge < -0.3 is 9.32 Å². The summed E-state index contributed by atoms with van der Waals surface area (Å²) in [5.41, 5.74) is 25.7. The lowest BCUT2D eigenvalue weighted by Gasteiger charge is -2.36. The van der Waals surface area contributed by atoms with Crippen molar-refractivity contribution >= 4 is 145 Å². The van der Waals surface area contributed by atoms with Crippen LogP contribution in [0.3, 0.4) is 0 Å². The van der Waals surface area contributed by atoms with Gasteiger partial charge in [-0.2, -0.15) is 0 Å². The SMILES string of the molecule is Bc1c(B)c(N(c2ccc(-c3ccccc3)cc2)c2c(B)c(B)c(-c3ccc4oc5ccccc5c4c3)c(B)c2B)c(B)c(B)c1-c1ccc(-c2ccccc2)cc1. The van der Waals surface area contributed by atoms with Crippen LogP contribution in [-0.4, -0.2) is 62.8 Å². The number of para-hydroxylation sites is 1. The third kappa shape index (κ3) is 6.27. The summed E-state index contributed by atoms with van der Waals surface area (Å²) in [6.45, 7) is 0. The van der Waals surface area contributed by atoms with Crippen LogP contribution in [0.15, 0.2) is 156 Å². The molecular weight excluding hydrogens is 693 g/mol. The molecule has 1 aromatic heterocycles. The maximum Gasteiger partial charge on any atom is 0.141 e. The van der Waals surface area contributed by atoms with Gasteiger partial charge in [0.05, 0.1) is 0 Å². The van der Waals surface area contributed by atoms with Crippen LogP contribution in [0.2, 0.25) is 0 Å². The van der Waals surface area contributed by atoms with Crippen molar-refractivity contribution in [2.45, 2.75) is 0 Å². The van der Waals surface area contributed by atoms with Crippen LogP contribution >= 0.6 is 0 Å². The van der Waals surface area contributed by atoms with E-state index in [2.05, 4.69) is 213 Å². The molecule has 58 heavy (non-hydrogen) atoms. The van der Waals surface area contributed by atoms with Crippen LogP contribution < -0.4 is 48.6 Å². The van der Waals surface area contributed by atoms with E-state index in [1.807, 2.05) is 6.07 Å². The Morgan fingerprint density at radius 3 is 1.21 bits per heavy atom. The van der Waals surface area contributed by atoms with Gasteiger partial charge in [0.15, 0.2) is 0 Å². The maximum absolute atomic E-state index is 6.23. The molecule has 0 unspecified atom stereocenters. The summed E-state index contributed by atoms with van der Waals surface area (Å²) in [7, 11) is 18.5. The van der Waals surface area contributed by atoms with Crippen molar-refractivity contribution in [2.24, 2.45) is 0 Å². The summed E-state index contributed by atoms with van der Waals surface area (Å²) >= 11 is 0. The van der Waals surface area contributed by atoms with Gasteiger partial charge >= 0.3 is 0 Å². The minimum Gasteiger partial charge on any atom is -0.456 e. The standard InChI is InChI=1S/C48H41B8NO/c49-39-37(30-17-15-28(16-18-30)26-9-3-1-4-10-26)40(50)44(54)47(43(39)53)57(32-22-19-29(20-23-32)27-11-5-2-6-12-27)48-45(55)41(51)38(42(52)46(48)56)31-21-24-36-34(25-31)33-13-7-8-14-35(33)58-36/h1-25H,49-56H2. The molecule has 9 aromatic rings. The number of nitrogens with zero attached hydrogens (tertiary/aromatic N) is 1. The summed E-state index contributed by atoms with van der Waals surface area (Å²) in [6.07, 6.45) is 0. The Bertz CT molecular complexity index is 2960. The van der Waals surface area contributed by atoms with E-state index in [0.29, 0.717) is 0 Å². The number of furan rings is 1. The van der Waals surface area contributed by atoms with Crippen LogP contribution in [0, 0.1) is 0 Å². The second kappa shape index (κ2) is 15.0. The second-order valence-corrected chi connectivity index (χ2v) is 15.9. The lowest BCUT2D eigenvalue weighted by molar-refractivity contribution is 0.669. The minimum atomic E-state index is 0.919. The Morgan fingerprint density at radius 1 is 0.310 bits per heavy atom. The number of hydrogen-bond donors (Lipinski definition) is 0. The number of fused-ring (bicyclic) bond motifs is 3. The maximum atomic E-state index is 6.23. The zero-order valence-corrected chi connectivity index (χ0v) is 34.8. The van der Waals surface area contributed by atoms with E-state index in [9.17, 15) is 0 Å². The van der Waals surface area contributed by atoms with E-state index in [1.54, 1.807) is 0 Å². The van der Waals surface area contributed by atoms with Gasteiger partial charge in [0.2, 0.25) is 0 Å². The molecule has 0 radical (unpaired) electrons. The van der Waals surface area contributed by atoms with Crippen molar-refractivity contribution < 1.29 is 4.42 Å². The summed E-state index contributed by atoms with van der Waals surface area (Å²) in [4.78, 5) is 2.56. The Morgan fingerprint density at radius 2 is 0.690 bits per heavy atom. The average Bonchev–Trinajstić information content (AvgIpc) is 3.64. The van der Waals surface area contributed by atoms with Crippen LogP contribution in [-0.2, 0) is 0 Å². The van der Waals surface area contributed by atoms with Crippen molar-refractivity contribution in [2.75, 3.05) is 4.90 Å². The van der Waals surface area contributed by atoms with Crippen LogP contribution in [0.25, 0.3) is 66.4 Å². The number of hydrogen-bond acceptors (Lipinski definition) is 2. The highest BCUT2D eigenvalue weighted by atomic mass is 16.3. The lowest BCUT2D eigenvalue weighted by atomic mass is 9.63. The first-order chi connectivity index (χ1) is 28.1. The Hall–Kier alpha value is -6.12. The van der Waals surface area contributed by atoms with E-state index in [1.165, 1.54) is 99.6 Å². The Kier molecular flexibility index (Phi) is 9.68. The zero-order chi connectivity index (χ0) is 40.2. The summed E-state index contributed by atoms with van der Waals surface area (Å²) < 4.78 is 6.23. The zero-order valence-electron chi connectivity index (χ0n) is 34.8. The van der Waals surface area contributed by atoms with E-state index in [4.69, 9.17) is 4.42 Å². The molecule has 0 fully saturated rings. The van der Waals surface area contributed by atoms with Gasteiger partial charge in [-0.1, -0.05) is 165 Å². The lowest BCUT2D eigenvalue weighted by Crippen LogP contribution is -2.50. The minimum absolute atomic E-state index is 0.919. The van der Waals surface area contributed by atoms with Gasteiger partial charge in [-0.15, -0.1) is 0 Å². The normalized spacial score (nSPS) is 11.3. The molecule has 0 aliphatic rings. The third-order valence-electron chi connectivity index (χ3n) is 12.8. The average molecular weight is 734 g/mol. The highest BCUT2D eigenvalue weighted by molar-refractivity contribution is 6.65. The van der Waals surface area contributed by atoms with Gasteiger partial charge in [0, 0.05) is 27.8 Å². The monoisotopic (exact) mass is 735 g/mol. The molecule has 2 nitrogen and oxygen atoms in total. The summed E-state index contributed by atoms with van der Waals surface area (Å²) in [5, 5.41) is 2.30. The molecule has 0 amide bonds. The Balaban J connectivity index is 1.23. The van der Waals surface area contributed by atoms with Crippen LogP contribution in [0.5, 0.6) is 0 Å². The van der Waals surface area contributed by atoms with Gasteiger partial charge in [-0.3, -0.25) is 0 Å². The van der Waals surface area contributed by atoms with Gasteiger partial charge in [0.25, 0.3) is 0 Å². The molecule has 0 saturated carbocycles. The van der Waals surface area contributed by atoms with Crippen LogP contribution in [0.4, 0.5) is 17.1 Å². The molecule has 268 valence electrons. The van der Waals surface area contributed by atoms with Crippen molar-refractivity contribution in [3.63, 3.8) is 0 Å². The van der Waals surface area contributed by atoms with Crippen LogP contribution in [0.1, 0.15) is 0 Å². The van der Waals surface area contributed by atoms with Crippen molar-refractivity contribution in [3.05, 3.63) is 152 Å². The second-order valence-electron chi connectivity index (χ2n) is 15.9. The first-order valence-electron chi connectivity index (χ1n) is 20.4. The van der Waals surface area contributed by atoms with E-state index in [-0.39, 0.29) is 0 Å². The van der Waals surface area contributed by atoms with Crippen molar-refractivity contribution in [1.82, 2.24) is 0 Å². The smallest absolute Gasteiger partial charge is 0.141 e. The molecular formula is C48H41B8NO. The molecule has 8 aromatic carbocycles. The molecule has 0 spiro atoms. The highest BCUT2D eigenvalue weighted by Crippen LogP contribution is 2.35. The molecule has 9 rings (SSSR count). The van der Waals surface area contributed by atoms with Crippen molar-refractivity contribution in [3.8, 4) is 44.5 Å². The summed E-state index contributed by atoms with van der Waals surface area (Å²) in [5.74, 6) is 0. The fourth-order valence-corrected chi connectivity index (χ4v) is 9.27. The number of rotatable bonds is 7. The molecule has 0 aliphatic carbocycles. The molecule has 0 bridgehead atoms. The molecule has 0 atom stereocenters. The fourth-order valence-electron chi connectivity index (χ4n) is 9.27. The van der Waals surface area contributed by atoms with Gasteiger partial charge in [-0.25, -0.2) is 0 Å². The first-order valence-corrected chi connectivity index (χ1v) is 20.4. The first kappa shape index (κ1) is 37.5.